The molecule has 7 heteroatoms. The zero-order valence-electron chi connectivity index (χ0n) is 17.8. The number of hydrogen-bond acceptors (Lipinski definition) is 3. The summed E-state index contributed by atoms with van der Waals surface area (Å²) in [5.74, 6) is 0. The van der Waals surface area contributed by atoms with Gasteiger partial charge in [0.15, 0.2) is 4.80 Å². The summed E-state index contributed by atoms with van der Waals surface area (Å²) in [7, 11) is 0. The van der Waals surface area contributed by atoms with E-state index in [2.05, 4.69) is 40.8 Å². The third-order valence-electron chi connectivity index (χ3n) is 6.32. The first-order valence-corrected chi connectivity index (χ1v) is 13.5. The van der Waals surface area contributed by atoms with Gasteiger partial charge in [-0.1, -0.05) is 83.1 Å². The van der Waals surface area contributed by atoms with Gasteiger partial charge in [0, 0.05) is 19.2 Å². The molecule has 2 aliphatic rings. The van der Waals surface area contributed by atoms with Crippen LogP contribution in [0.5, 0.6) is 0 Å². The van der Waals surface area contributed by atoms with E-state index < -0.39 is 0 Å². The smallest absolute Gasteiger partial charge is 0.271 e. The molecule has 1 unspecified atom stereocenters. The zero-order valence-corrected chi connectivity index (χ0v) is 22.3. The maximum Gasteiger partial charge on any atom is 0.271 e. The second kappa shape index (κ2) is 8.79. The Morgan fingerprint density at radius 3 is 2.65 bits per heavy atom. The maximum absolute atomic E-state index is 13.8. The fourth-order valence-electron chi connectivity index (χ4n) is 4.76. The molecule has 3 nitrogen and oxygen atoms in total. The van der Waals surface area contributed by atoms with Gasteiger partial charge in [0.1, 0.15) is 0 Å². The maximum atomic E-state index is 13.8. The molecule has 34 heavy (non-hydrogen) atoms. The first-order chi connectivity index (χ1) is 16.5. The van der Waals surface area contributed by atoms with Gasteiger partial charge >= 0.3 is 0 Å². The molecule has 3 aromatic carbocycles. The molecule has 0 radical (unpaired) electrons. The molecule has 1 aliphatic carbocycles. The van der Waals surface area contributed by atoms with Crippen LogP contribution < -0.4 is 14.9 Å². The fourth-order valence-corrected chi connectivity index (χ4v) is 6.80. The Morgan fingerprint density at radius 1 is 1.03 bits per heavy atom. The molecule has 0 N–H and O–H groups in total. The van der Waals surface area contributed by atoms with Gasteiger partial charge in [0.25, 0.3) is 5.56 Å². The Labute approximate surface area is 223 Å². The summed E-state index contributed by atoms with van der Waals surface area (Å²) in [5, 5.41) is 1.13. The van der Waals surface area contributed by atoms with Crippen molar-refractivity contribution in [1.29, 1.82) is 0 Å². The number of halogens is 3. The average molecular weight is 615 g/mol. The molecule has 4 aromatic rings. The van der Waals surface area contributed by atoms with Crippen molar-refractivity contribution < 1.29 is 0 Å². The Hall–Kier alpha value is -2.19. The summed E-state index contributed by atoms with van der Waals surface area (Å²) in [4.78, 5) is 19.5. The number of fused-ring (bicyclic) bond motifs is 3. The highest BCUT2D eigenvalue weighted by molar-refractivity contribution is 14.1. The van der Waals surface area contributed by atoms with Crippen LogP contribution in [0.1, 0.15) is 34.7 Å². The number of aromatic nitrogens is 1. The predicted octanol–water partition coefficient (Wildman–Crippen LogP) is 6.23. The first-order valence-electron chi connectivity index (χ1n) is 10.8. The highest BCUT2D eigenvalue weighted by atomic mass is 127. The third kappa shape index (κ3) is 3.70. The van der Waals surface area contributed by atoms with Crippen molar-refractivity contribution in [1.82, 2.24) is 4.57 Å². The number of aryl methyl sites for hydroxylation is 1. The molecule has 0 bridgehead atoms. The lowest BCUT2D eigenvalue weighted by Gasteiger charge is -2.31. The predicted molar refractivity (Wildman–Crippen MR) is 148 cm³/mol. The van der Waals surface area contributed by atoms with Gasteiger partial charge < -0.3 is 0 Å². The largest absolute Gasteiger partial charge is 0.272 e. The SMILES string of the molecule is O=c1/c(=C\c2ccccc2I)sc2n1C(c1ccc(Cl)cc1Cl)C1=C(N=2)c2ccccc2CC1. The van der Waals surface area contributed by atoms with Crippen molar-refractivity contribution in [3.05, 3.63) is 128 Å². The summed E-state index contributed by atoms with van der Waals surface area (Å²) in [5.41, 5.74) is 6.33. The molecule has 0 saturated heterocycles. The number of hydrogen-bond donors (Lipinski definition) is 0. The molecule has 0 fully saturated rings. The second-order valence-electron chi connectivity index (χ2n) is 8.30. The van der Waals surface area contributed by atoms with Gasteiger partial charge in [-0.05, 0) is 82.0 Å². The molecule has 1 aromatic heterocycles. The molecular weight excluding hydrogens is 598 g/mol. The van der Waals surface area contributed by atoms with Crippen LogP contribution >= 0.6 is 57.1 Å². The van der Waals surface area contributed by atoms with Crippen molar-refractivity contribution in [3.8, 4) is 0 Å². The molecular formula is C27H17Cl2IN2OS. The van der Waals surface area contributed by atoms with Crippen molar-refractivity contribution in [2.45, 2.75) is 18.9 Å². The van der Waals surface area contributed by atoms with Gasteiger partial charge in [-0.2, -0.15) is 0 Å². The van der Waals surface area contributed by atoms with E-state index in [1.165, 1.54) is 16.9 Å². The Bertz CT molecular complexity index is 1690. The molecule has 1 aliphatic heterocycles. The fraction of sp³-hybridized carbons (Fsp3) is 0.111. The molecule has 0 amide bonds. The number of nitrogens with zero attached hydrogens (tertiary/aromatic N) is 2. The van der Waals surface area contributed by atoms with Crippen LogP contribution in [-0.4, -0.2) is 4.57 Å². The van der Waals surface area contributed by atoms with E-state index in [9.17, 15) is 4.79 Å². The van der Waals surface area contributed by atoms with Crippen molar-refractivity contribution in [2.75, 3.05) is 0 Å². The van der Waals surface area contributed by atoms with Gasteiger partial charge in [-0.15, -0.1) is 0 Å². The summed E-state index contributed by atoms with van der Waals surface area (Å²) in [6, 6.07) is 21.6. The topological polar surface area (TPSA) is 34.4 Å². The zero-order chi connectivity index (χ0) is 23.4. The van der Waals surface area contributed by atoms with Crippen LogP contribution in [0.15, 0.2) is 82.1 Å². The highest BCUT2D eigenvalue weighted by Gasteiger charge is 2.33. The Morgan fingerprint density at radius 2 is 1.82 bits per heavy atom. The summed E-state index contributed by atoms with van der Waals surface area (Å²) in [6.07, 6.45) is 3.68. The molecule has 2 heterocycles. The lowest BCUT2D eigenvalue weighted by molar-refractivity contribution is 0.585. The number of benzene rings is 3. The number of rotatable bonds is 2. The van der Waals surface area contributed by atoms with Gasteiger partial charge in [-0.3, -0.25) is 9.36 Å². The van der Waals surface area contributed by atoms with Crippen LogP contribution in [0.4, 0.5) is 0 Å². The lowest BCUT2D eigenvalue weighted by Crippen LogP contribution is -2.38. The van der Waals surface area contributed by atoms with E-state index in [1.54, 1.807) is 6.07 Å². The minimum absolute atomic E-state index is 0.0511. The Kier molecular flexibility index (Phi) is 5.76. The molecule has 1 atom stereocenters. The van der Waals surface area contributed by atoms with Gasteiger partial charge in [0.2, 0.25) is 0 Å². The molecule has 168 valence electrons. The van der Waals surface area contributed by atoms with Crippen molar-refractivity contribution in [2.24, 2.45) is 4.99 Å². The molecule has 0 saturated carbocycles. The van der Waals surface area contributed by atoms with Crippen LogP contribution in [-0.2, 0) is 6.42 Å². The molecule has 6 rings (SSSR count). The first kappa shape index (κ1) is 22.3. The Balaban J connectivity index is 1.66. The minimum Gasteiger partial charge on any atom is -0.272 e. The summed E-state index contributed by atoms with van der Waals surface area (Å²) < 4.78 is 3.57. The van der Waals surface area contributed by atoms with E-state index in [0.29, 0.717) is 19.4 Å². The molecule has 0 spiro atoms. The summed E-state index contributed by atoms with van der Waals surface area (Å²) >= 11 is 16.6. The van der Waals surface area contributed by atoms with E-state index in [-0.39, 0.29) is 11.6 Å². The van der Waals surface area contributed by atoms with E-state index >= 15 is 0 Å². The standard InChI is InChI=1S/C27H17Cl2IN2OS/c28-17-10-12-19(21(29)14-17)25-20-11-9-15-5-1-3-7-18(15)24(20)31-27-32(25)26(33)23(34-27)13-16-6-2-4-8-22(16)30/h1-8,10,12-14,25H,9,11H2/b23-13+. The van der Waals surface area contributed by atoms with Crippen LogP contribution in [0.2, 0.25) is 10.0 Å². The lowest BCUT2D eigenvalue weighted by atomic mass is 9.83. The van der Waals surface area contributed by atoms with Crippen molar-refractivity contribution >= 4 is 68.9 Å². The monoisotopic (exact) mass is 614 g/mol. The normalized spacial score (nSPS) is 17.1. The van der Waals surface area contributed by atoms with Crippen molar-refractivity contribution in [3.63, 3.8) is 0 Å². The van der Waals surface area contributed by atoms with E-state index in [0.717, 1.165) is 44.4 Å². The van der Waals surface area contributed by atoms with E-state index in [1.807, 2.05) is 53.1 Å². The van der Waals surface area contributed by atoms with Crippen LogP contribution in [0.3, 0.4) is 0 Å². The quantitative estimate of drug-likeness (QED) is 0.247. The average Bonchev–Trinajstić information content (AvgIpc) is 3.14. The van der Waals surface area contributed by atoms with Crippen LogP contribution in [0.25, 0.3) is 11.8 Å². The number of allylic oxidation sites excluding steroid dienone is 1. The van der Waals surface area contributed by atoms with E-state index in [4.69, 9.17) is 28.2 Å². The van der Waals surface area contributed by atoms with Gasteiger partial charge in [0.05, 0.1) is 16.3 Å². The third-order valence-corrected chi connectivity index (χ3v) is 8.85. The minimum atomic E-state index is -0.318. The second-order valence-corrected chi connectivity index (χ2v) is 11.3. The van der Waals surface area contributed by atoms with Crippen LogP contribution in [0, 0.1) is 3.57 Å². The number of thiazole rings is 1. The highest BCUT2D eigenvalue weighted by Crippen LogP contribution is 2.43. The summed E-state index contributed by atoms with van der Waals surface area (Å²) in [6.45, 7) is 0. The van der Waals surface area contributed by atoms with Gasteiger partial charge in [-0.25, -0.2) is 4.99 Å².